The van der Waals surface area contributed by atoms with Gasteiger partial charge in [0.15, 0.2) is 0 Å². The third-order valence-electron chi connectivity index (χ3n) is 2.95. The van der Waals surface area contributed by atoms with E-state index in [1.54, 1.807) is 5.38 Å². The molecule has 0 aliphatic heterocycles. The van der Waals surface area contributed by atoms with Crippen molar-refractivity contribution in [1.82, 2.24) is 10.3 Å². The molecule has 0 spiro atoms. The van der Waals surface area contributed by atoms with E-state index in [-0.39, 0.29) is 17.4 Å². The molecular weight excluding hydrogens is 222 g/mol. The van der Waals surface area contributed by atoms with Gasteiger partial charge in [0, 0.05) is 11.9 Å². The lowest BCUT2D eigenvalue weighted by atomic mass is 9.88. The number of aryl methyl sites for hydroxylation is 1. The van der Waals surface area contributed by atoms with Crippen LogP contribution in [-0.2, 0) is 0 Å². The fraction of sp³-hybridized carbons (Fsp3) is 0.636. The summed E-state index contributed by atoms with van der Waals surface area (Å²) in [6.07, 6.45) is 0. The molecule has 16 heavy (non-hydrogen) atoms. The van der Waals surface area contributed by atoms with Gasteiger partial charge in [0.1, 0.15) is 5.69 Å². The molecular formula is C11H19N3OS. The number of rotatable bonds is 4. The Bertz CT molecular complexity index is 375. The van der Waals surface area contributed by atoms with E-state index in [0.717, 1.165) is 5.01 Å². The predicted octanol–water partition coefficient (Wildman–Crippen LogP) is 1.55. The molecule has 0 fully saturated rings. The lowest BCUT2D eigenvalue weighted by Crippen LogP contribution is -2.55. The first-order valence-corrected chi connectivity index (χ1v) is 6.21. The molecule has 0 radical (unpaired) electrons. The molecule has 5 heteroatoms. The van der Waals surface area contributed by atoms with Crippen molar-refractivity contribution in [3.8, 4) is 0 Å². The fourth-order valence-electron chi connectivity index (χ4n) is 1.22. The summed E-state index contributed by atoms with van der Waals surface area (Å²) in [4.78, 5) is 16.1. The summed E-state index contributed by atoms with van der Waals surface area (Å²) >= 11 is 1.47. The lowest BCUT2D eigenvalue weighted by Gasteiger charge is -2.33. The molecule has 0 aromatic carbocycles. The number of hydrogen-bond acceptors (Lipinski definition) is 4. The minimum atomic E-state index is -0.380. The Balaban J connectivity index is 2.77. The molecule has 1 amide bonds. The van der Waals surface area contributed by atoms with Crippen LogP contribution in [0.4, 0.5) is 0 Å². The van der Waals surface area contributed by atoms with Crippen molar-refractivity contribution in [3.05, 3.63) is 16.1 Å². The zero-order valence-corrected chi connectivity index (χ0v) is 11.0. The molecule has 0 bridgehead atoms. The van der Waals surface area contributed by atoms with E-state index in [0.29, 0.717) is 12.2 Å². The van der Waals surface area contributed by atoms with E-state index < -0.39 is 0 Å². The maximum atomic E-state index is 11.9. The molecule has 4 nitrogen and oxygen atoms in total. The Morgan fingerprint density at radius 2 is 2.31 bits per heavy atom. The molecule has 0 aliphatic rings. The molecule has 3 N–H and O–H groups in total. The van der Waals surface area contributed by atoms with E-state index in [4.69, 9.17) is 5.73 Å². The second kappa shape index (κ2) is 4.93. The SMILES string of the molecule is Cc1nc(C(=O)NC(C)(CN)C(C)C)cs1. The van der Waals surface area contributed by atoms with Gasteiger partial charge >= 0.3 is 0 Å². The Morgan fingerprint density at radius 3 is 2.69 bits per heavy atom. The Morgan fingerprint density at radius 1 is 1.69 bits per heavy atom. The van der Waals surface area contributed by atoms with E-state index in [2.05, 4.69) is 10.3 Å². The van der Waals surface area contributed by atoms with Crippen molar-refractivity contribution in [2.45, 2.75) is 33.2 Å². The van der Waals surface area contributed by atoms with Crippen molar-refractivity contribution >= 4 is 17.2 Å². The van der Waals surface area contributed by atoms with Crippen LogP contribution in [-0.4, -0.2) is 23.0 Å². The Kier molecular flexibility index (Phi) is 4.04. The first-order chi connectivity index (χ1) is 7.39. The third-order valence-corrected chi connectivity index (χ3v) is 3.72. The number of nitrogens with one attached hydrogen (secondary N) is 1. The van der Waals surface area contributed by atoms with Crippen LogP contribution in [0.1, 0.15) is 36.3 Å². The van der Waals surface area contributed by atoms with Gasteiger partial charge in [0.05, 0.1) is 10.5 Å². The summed E-state index contributed by atoms with van der Waals surface area (Å²) in [6, 6.07) is 0. The number of nitrogens with two attached hydrogens (primary N) is 1. The van der Waals surface area contributed by atoms with E-state index in [9.17, 15) is 4.79 Å². The summed E-state index contributed by atoms with van der Waals surface area (Å²) in [6.45, 7) is 8.33. The normalized spacial score (nSPS) is 14.9. The minimum Gasteiger partial charge on any atom is -0.344 e. The maximum Gasteiger partial charge on any atom is 0.271 e. The number of carbonyl (C=O) groups is 1. The molecule has 90 valence electrons. The summed E-state index contributed by atoms with van der Waals surface area (Å²) in [7, 11) is 0. The average Bonchev–Trinajstić information content (AvgIpc) is 2.64. The lowest BCUT2D eigenvalue weighted by molar-refractivity contribution is 0.0878. The molecule has 1 unspecified atom stereocenters. The third kappa shape index (κ3) is 2.80. The molecule has 0 saturated carbocycles. The van der Waals surface area contributed by atoms with Crippen LogP contribution in [0.2, 0.25) is 0 Å². The molecule has 0 saturated heterocycles. The number of carbonyl (C=O) groups excluding carboxylic acids is 1. The number of hydrogen-bond donors (Lipinski definition) is 2. The minimum absolute atomic E-state index is 0.147. The average molecular weight is 241 g/mol. The van der Waals surface area contributed by atoms with Crippen LogP contribution in [0.15, 0.2) is 5.38 Å². The van der Waals surface area contributed by atoms with Gasteiger partial charge < -0.3 is 11.1 Å². The standard InChI is InChI=1S/C11H19N3OS/c1-7(2)11(4,6-12)14-10(15)9-5-16-8(3)13-9/h5,7H,6,12H2,1-4H3,(H,14,15). The summed E-state index contributed by atoms with van der Waals surface area (Å²) in [5.74, 6) is 0.132. The van der Waals surface area contributed by atoms with Crippen LogP contribution in [0.3, 0.4) is 0 Å². The van der Waals surface area contributed by atoms with E-state index in [1.165, 1.54) is 11.3 Å². The Hall–Kier alpha value is -0.940. The first kappa shape index (κ1) is 13.1. The van der Waals surface area contributed by atoms with Crippen LogP contribution in [0.25, 0.3) is 0 Å². The number of aromatic nitrogens is 1. The highest BCUT2D eigenvalue weighted by molar-refractivity contribution is 7.09. The van der Waals surface area contributed by atoms with Crippen LogP contribution in [0, 0.1) is 12.8 Å². The number of thiazole rings is 1. The largest absolute Gasteiger partial charge is 0.344 e. The Labute approximate surface area is 100 Å². The van der Waals surface area contributed by atoms with Gasteiger partial charge in [0.2, 0.25) is 0 Å². The smallest absolute Gasteiger partial charge is 0.271 e. The van der Waals surface area contributed by atoms with Gasteiger partial charge in [-0.15, -0.1) is 11.3 Å². The van der Waals surface area contributed by atoms with Crippen LogP contribution < -0.4 is 11.1 Å². The summed E-state index contributed by atoms with van der Waals surface area (Å²) < 4.78 is 0. The number of nitrogens with zero attached hydrogens (tertiary/aromatic N) is 1. The second-order valence-corrected chi connectivity index (χ2v) is 5.54. The van der Waals surface area contributed by atoms with Gasteiger partial charge in [-0.1, -0.05) is 13.8 Å². The molecule has 1 atom stereocenters. The molecule has 1 aromatic heterocycles. The molecule has 1 heterocycles. The molecule has 1 rings (SSSR count). The highest BCUT2D eigenvalue weighted by atomic mass is 32.1. The van der Waals surface area contributed by atoms with Crippen molar-refractivity contribution < 1.29 is 4.79 Å². The molecule has 0 aliphatic carbocycles. The summed E-state index contributed by atoms with van der Waals surface area (Å²) in [5, 5.41) is 5.61. The van der Waals surface area contributed by atoms with Gasteiger partial charge in [-0.3, -0.25) is 4.79 Å². The number of amides is 1. The first-order valence-electron chi connectivity index (χ1n) is 5.34. The van der Waals surface area contributed by atoms with Crippen LogP contribution >= 0.6 is 11.3 Å². The predicted molar refractivity (Wildman–Crippen MR) is 66.6 cm³/mol. The van der Waals surface area contributed by atoms with Crippen molar-refractivity contribution in [2.75, 3.05) is 6.54 Å². The van der Waals surface area contributed by atoms with Gasteiger partial charge in [-0.05, 0) is 19.8 Å². The van der Waals surface area contributed by atoms with Crippen molar-refractivity contribution in [2.24, 2.45) is 11.7 Å². The van der Waals surface area contributed by atoms with E-state index >= 15 is 0 Å². The fourth-order valence-corrected chi connectivity index (χ4v) is 1.82. The van der Waals surface area contributed by atoms with Crippen molar-refractivity contribution in [3.63, 3.8) is 0 Å². The zero-order chi connectivity index (χ0) is 12.3. The topological polar surface area (TPSA) is 68.0 Å². The van der Waals surface area contributed by atoms with E-state index in [1.807, 2.05) is 27.7 Å². The second-order valence-electron chi connectivity index (χ2n) is 4.48. The summed E-state index contributed by atoms with van der Waals surface area (Å²) in [5.41, 5.74) is 5.80. The maximum absolute atomic E-state index is 11.9. The van der Waals surface area contributed by atoms with Gasteiger partial charge in [-0.2, -0.15) is 0 Å². The quantitative estimate of drug-likeness (QED) is 0.840. The van der Waals surface area contributed by atoms with Crippen molar-refractivity contribution in [1.29, 1.82) is 0 Å². The van der Waals surface area contributed by atoms with Crippen LogP contribution in [0.5, 0.6) is 0 Å². The zero-order valence-electron chi connectivity index (χ0n) is 10.2. The molecule has 1 aromatic rings. The monoisotopic (exact) mass is 241 g/mol. The van der Waals surface area contributed by atoms with Gasteiger partial charge in [-0.25, -0.2) is 4.98 Å². The van der Waals surface area contributed by atoms with Gasteiger partial charge in [0.25, 0.3) is 5.91 Å². The highest BCUT2D eigenvalue weighted by Crippen LogP contribution is 2.16. The highest BCUT2D eigenvalue weighted by Gasteiger charge is 2.29.